The molecule has 0 spiro atoms. The number of azide groups is 1. The Kier molecular flexibility index (Phi) is 8.53. The zero-order valence-electron chi connectivity index (χ0n) is 15.3. The fourth-order valence-electron chi connectivity index (χ4n) is 3.22. The van der Waals surface area contributed by atoms with Crippen LogP contribution in [0.25, 0.3) is 10.4 Å². The number of urea groups is 1. The molecule has 10 nitrogen and oxygen atoms in total. The lowest BCUT2D eigenvalue weighted by molar-refractivity contribution is -0.140. The molecule has 2 rings (SSSR count). The number of rotatable bonds is 10. The first kappa shape index (κ1) is 21.2. The quantitative estimate of drug-likeness (QED) is 0.150. The number of carbonyl (C=O) groups is 3. The van der Waals surface area contributed by atoms with Crippen molar-refractivity contribution in [2.45, 2.75) is 55.9 Å². The Hall–Kier alpha value is -2.13. The van der Waals surface area contributed by atoms with Gasteiger partial charge in [0.05, 0.1) is 25.8 Å². The maximum atomic E-state index is 12.3. The number of nitrogens with one attached hydrogen (secondary N) is 1. The van der Waals surface area contributed by atoms with Crippen LogP contribution in [0.15, 0.2) is 5.11 Å². The number of thioether (sulfide) groups is 1. The van der Waals surface area contributed by atoms with Crippen LogP contribution in [0.1, 0.15) is 38.5 Å². The second-order valence-corrected chi connectivity index (χ2v) is 7.65. The fourth-order valence-corrected chi connectivity index (χ4v) is 4.81. The Morgan fingerprint density at radius 3 is 2.93 bits per heavy atom. The van der Waals surface area contributed by atoms with Crippen molar-refractivity contribution in [2.75, 3.05) is 26.0 Å². The van der Waals surface area contributed by atoms with Crippen LogP contribution in [0.2, 0.25) is 0 Å². The molecular formula is C16H25N5O5S. The molecule has 2 fully saturated rings. The molecule has 0 radical (unpaired) electrons. The van der Waals surface area contributed by atoms with E-state index in [-0.39, 0.29) is 29.9 Å². The third-order valence-corrected chi connectivity index (χ3v) is 6.11. The highest BCUT2D eigenvalue weighted by molar-refractivity contribution is 8.00. The minimum absolute atomic E-state index is 0.0851. The number of hydrogen-bond donors (Lipinski definition) is 1. The summed E-state index contributed by atoms with van der Waals surface area (Å²) in [4.78, 5) is 39.4. The van der Waals surface area contributed by atoms with E-state index in [1.165, 1.54) is 12.0 Å². The molecule has 0 saturated carbocycles. The lowest BCUT2D eigenvalue weighted by Gasteiger charge is -2.19. The molecule has 2 aliphatic rings. The summed E-state index contributed by atoms with van der Waals surface area (Å²) in [6, 6.07) is -0.703. The predicted octanol–water partition coefficient (Wildman–Crippen LogP) is 2.82. The highest BCUT2D eigenvalue weighted by Gasteiger charge is 2.50. The number of fused-ring (bicyclic) bond motifs is 1. The number of esters is 1. The van der Waals surface area contributed by atoms with Crippen LogP contribution in [-0.4, -0.2) is 66.3 Å². The van der Waals surface area contributed by atoms with Gasteiger partial charge < -0.3 is 14.8 Å². The molecule has 27 heavy (non-hydrogen) atoms. The maximum absolute atomic E-state index is 12.3. The standard InChI is InChI=1S/C16H25N5O5S/c1-25-13(22)7-3-2-6-12-14-11(10-27-12)21(15(23)19-14)16(24)26-9-5-4-8-18-20-17/h11-12,14H,2-10H2,1H3,(H,19,23). The second kappa shape index (κ2) is 10.9. The Morgan fingerprint density at radius 1 is 1.37 bits per heavy atom. The van der Waals surface area contributed by atoms with E-state index < -0.39 is 12.1 Å². The Bertz CT molecular complexity index is 598. The van der Waals surface area contributed by atoms with E-state index in [9.17, 15) is 14.4 Å². The predicted molar refractivity (Wildman–Crippen MR) is 99.3 cm³/mol. The van der Waals surface area contributed by atoms with Crippen molar-refractivity contribution in [1.82, 2.24) is 10.2 Å². The van der Waals surface area contributed by atoms with Gasteiger partial charge in [-0.15, -0.1) is 0 Å². The van der Waals surface area contributed by atoms with E-state index in [1.54, 1.807) is 11.8 Å². The molecule has 3 unspecified atom stereocenters. The smallest absolute Gasteiger partial charge is 0.418 e. The number of imide groups is 1. The average Bonchev–Trinajstić information content (AvgIpc) is 3.19. The molecule has 0 bridgehead atoms. The van der Waals surface area contributed by atoms with Crippen LogP contribution in [0.3, 0.4) is 0 Å². The van der Waals surface area contributed by atoms with Crippen molar-refractivity contribution >= 4 is 29.9 Å². The zero-order chi connectivity index (χ0) is 19.6. The maximum Gasteiger partial charge on any atom is 0.418 e. The minimum Gasteiger partial charge on any atom is -0.469 e. The van der Waals surface area contributed by atoms with Crippen LogP contribution >= 0.6 is 11.8 Å². The average molecular weight is 399 g/mol. The van der Waals surface area contributed by atoms with Crippen LogP contribution in [0, 0.1) is 0 Å². The normalized spacial score (nSPS) is 23.4. The van der Waals surface area contributed by atoms with E-state index in [0.29, 0.717) is 31.6 Å². The van der Waals surface area contributed by atoms with E-state index >= 15 is 0 Å². The van der Waals surface area contributed by atoms with Crippen molar-refractivity contribution in [1.29, 1.82) is 0 Å². The second-order valence-electron chi connectivity index (χ2n) is 6.38. The third kappa shape index (κ3) is 5.93. The molecule has 0 aliphatic carbocycles. The molecule has 2 saturated heterocycles. The van der Waals surface area contributed by atoms with Crippen LogP contribution in [-0.2, 0) is 14.3 Å². The van der Waals surface area contributed by atoms with Gasteiger partial charge in [0.1, 0.15) is 0 Å². The summed E-state index contributed by atoms with van der Waals surface area (Å²) in [5.41, 5.74) is 8.20. The van der Waals surface area contributed by atoms with Crippen LogP contribution in [0.5, 0.6) is 0 Å². The Labute approximate surface area is 161 Å². The van der Waals surface area contributed by atoms with Gasteiger partial charge in [-0.3, -0.25) is 4.79 Å². The number of ether oxygens (including phenoxy) is 2. The fraction of sp³-hybridized carbons (Fsp3) is 0.812. The summed E-state index contributed by atoms with van der Waals surface area (Å²) in [6.45, 7) is 0.544. The van der Waals surface area contributed by atoms with Crippen molar-refractivity contribution in [3.63, 3.8) is 0 Å². The van der Waals surface area contributed by atoms with E-state index in [0.717, 1.165) is 19.3 Å². The largest absolute Gasteiger partial charge is 0.469 e. The molecule has 11 heteroatoms. The van der Waals surface area contributed by atoms with Crippen molar-refractivity contribution in [2.24, 2.45) is 5.11 Å². The van der Waals surface area contributed by atoms with Gasteiger partial charge >= 0.3 is 18.1 Å². The zero-order valence-corrected chi connectivity index (χ0v) is 16.2. The lowest BCUT2D eigenvalue weighted by Crippen LogP contribution is -2.42. The van der Waals surface area contributed by atoms with Crippen molar-refractivity contribution < 1.29 is 23.9 Å². The molecule has 150 valence electrons. The van der Waals surface area contributed by atoms with Gasteiger partial charge in [-0.05, 0) is 31.2 Å². The summed E-state index contributed by atoms with van der Waals surface area (Å²) < 4.78 is 9.81. The number of unbranched alkanes of at least 4 members (excludes halogenated alkanes) is 2. The van der Waals surface area contributed by atoms with E-state index in [4.69, 9.17) is 10.3 Å². The molecule has 0 aromatic rings. The summed E-state index contributed by atoms with van der Waals surface area (Å²) in [7, 11) is 1.38. The van der Waals surface area contributed by atoms with Gasteiger partial charge in [0.15, 0.2) is 0 Å². The number of methoxy groups -OCH3 is 1. The molecule has 3 atom stereocenters. The van der Waals surface area contributed by atoms with Gasteiger partial charge in [-0.25, -0.2) is 14.5 Å². The van der Waals surface area contributed by atoms with Gasteiger partial charge in [0.25, 0.3) is 0 Å². The Morgan fingerprint density at radius 2 is 2.19 bits per heavy atom. The highest BCUT2D eigenvalue weighted by Crippen LogP contribution is 2.37. The number of nitrogens with zero attached hydrogens (tertiary/aromatic N) is 4. The van der Waals surface area contributed by atoms with Gasteiger partial charge in [-0.2, -0.15) is 11.8 Å². The molecule has 2 heterocycles. The lowest BCUT2D eigenvalue weighted by atomic mass is 10.0. The molecule has 0 aromatic heterocycles. The van der Waals surface area contributed by atoms with Crippen LogP contribution in [0.4, 0.5) is 9.59 Å². The van der Waals surface area contributed by atoms with Crippen LogP contribution < -0.4 is 5.32 Å². The highest BCUT2D eigenvalue weighted by atomic mass is 32.2. The number of hydrogen-bond acceptors (Lipinski definition) is 7. The number of amides is 3. The Balaban J connectivity index is 1.74. The van der Waals surface area contributed by atoms with Crippen molar-refractivity contribution in [3.05, 3.63) is 10.4 Å². The number of carbonyl (C=O) groups excluding carboxylic acids is 3. The third-order valence-electron chi connectivity index (χ3n) is 4.62. The minimum atomic E-state index is -0.629. The first-order valence-electron chi connectivity index (χ1n) is 9.04. The summed E-state index contributed by atoms with van der Waals surface area (Å²) in [5, 5.41) is 6.53. The van der Waals surface area contributed by atoms with Crippen molar-refractivity contribution in [3.8, 4) is 0 Å². The van der Waals surface area contributed by atoms with E-state index in [2.05, 4.69) is 20.1 Å². The molecule has 1 N–H and O–H groups in total. The monoisotopic (exact) mass is 399 g/mol. The summed E-state index contributed by atoms with van der Waals surface area (Å²) in [5.74, 6) is 0.464. The summed E-state index contributed by atoms with van der Waals surface area (Å²) >= 11 is 1.73. The summed E-state index contributed by atoms with van der Waals surface area (Å²) in [6.07, 6.45) is 3.44. The van der Waals surface area contributed by atoms with Gasteiger partial charge in [0.2, 0.25) is 0 Å². The molecule has 0 aromatic carbocycles. The topological polar surface area (TPSA) is 134 Å². The van der Waals surface area contributed by atoms with Gasteiger partial charge in [0, 0.05) is 28.9 Å². The molecular weight excluding hydrogens is 374 g/mol. The first-order valence-corrected chi connectivity index (χ1v) is 10.1. The SMILES string of the molecule is COC(=O)CCCCC1SCC2C1NC(=O)N2C(=O)OCCCCN=[N+]=[N-]. The van der Waals surface area contributed by atoms with Gasteiger partial charge in [-0.1, -0.05) is 11.5 Å². The first-order chi connectivity index (χ1) is 13.1. The molecule has 3 amide bonds. The molecule has 2 aliphatic heterocycles. The van der Waals surface area contributed by atoms with E-state index in [1.807, 2.05) is 0 Å².